The quantitative estimate of drug-likeness (QED) is 0.875. The first-order valence-corrected chi connectivity index (χ1v) is 9.09. The Morgan fingerprint density at radius 2 is 1.67 bits per heavy atom. The van der Waals surface area contributed by atoms with Gasteiger partial charge in [-0.15, -0.1) is 0 Å². The molecule has 2 aromatic carbocycles. The number of morpholine rings is 1. The molecule has 6 nitrogen and oxygen atoms in total. The van der Waals surface area contributed by atoms with Gasteiger partial charge in [0.05, 0.1) is 23.9 Å². The number of carbonyl (C=O) groups excluding carboxylic acids is 2. The summed E-state index contributed by atoms with van der Waals surface area (Å²) in [6.07, 6.45) is 0. The van der Waals surface area contributed by atoms with Crippen molar-refractivity contribution in [3.05, 3.63) is 58.6 Å². The van der Waals surface area contributed by atoms with Crippen LogP contribution in [0.4, 0.5) is 11.4 Å². The van der Waals surface area contributed by atoms with Crippen LogP contribution < -0.4 is 10.2 Å². The third-order valence-electron chi connectivity index (χ3n) is 4.37. The molecule has 0 saturated carbocycles. The number of carbonyl (C=O) groups is 2. The molecule has 0 unspecified atom stereocenters. The predicted octanol–water partition coefficient (Wildman–Crippen LogP) is 3.13. The summed E-state index contributed by atoms with van der Waals surface area (Å²) in [5.74, 6) is -0.433. The van der Waals surface area contributed by atoms with Crippen LogP contribution in [0.25, 0.3) is 0 Å². The van der Waals surface area contributed by atoms with E-state index >= 15 is 0 Å². The maximum Gasteiger partial charge on any atom is 0.255 e. The van der Waals surface area contributed by atoms with Crippen LogP contribution in [-0.2, 0) is 4.74 Å². The zero-order chi connectivity index (χ0) is 19.4. The van der Waals surface area contributed by atoms with Gasteiger partial charge in [-0.1, -0.05) is 11.6 Å². The standard InChI is InChI=1S/C20H22ClN3O3/c1-23(2)20(26)15-5-8-17(21)18(13-15)22-19(25)14-3-6-16(7-4-14)24-9-11-27-12-10-24/h3-8,13H,9-12H2,1-2H3,(H,22,25). The van der Waals surface area contributed by atoms with Crippen LogP contribution in [0.5, 0.6) is 0 Å². The van der Waals surface area contributed by atoms with Crippen LogP contribution in [0.2, 0.25) is 5.02 Å². The van der Waals surface area contributed by atoms with E-state index in [9.17, 15) is 9.59 Å². The molecule has 0 radical (unpaired) electrons. The van der Waals surface area contributed by atoms with Crippen LogP contribution in [0.15, 0.2) is 42.5 Å². The second kappa shape index (κ2) is 8.41. The van der Waals surface area contributed by atoms with Crippen molar-refractivity contribution >= 4 is 34.8 Å². The van der Waals surface area contributed by atoms with Gasteiger partial charge in [0, 0.05) is 44.0 Å². The molecule has 2 aromatic rings. The highest BCUT2D eigenvalue weighted by molar-refractivity contribution is 6.34. The Balaban J connectivity index is 1.73. The Kier molecular flexibility index (Phi) is 5.98. The SMILES string of the molecule is CN(C)C(=O)c1ccc(Cl)c(NC(=O)c2ccc(N3CCOCC3)cc2)c1. The molecule has 2 amide bonds. The lowest BCUT2D eigenvalue weighted by Gasteiger charge is -2.28. The molecule has 0 aromatic heterocycles. The van der Waals surface area contributed by atoms with Gasteiger partial charge in [-0.05, 0) is 42.5 Å². The van der Waals surface area contributed by atoms with Crippen molar-refractivity contribution in [2.75, 3.05) is 50.6 Å². The average Bonchev–Trinajstić information content (AvgIpc) is 2.69. The zero-order valence-corrected chi connectivity index (χ0v) is 16.1. The topological polar surface area (TPSA) is 61.9 Å². The maximum absolute atomic E-state index is 12.6. The van der Waals surface area contributed by atoms with E-state index in [4.69, 9.17) is 16.3 Å². The van der Waals surface area contributed by atoms with Crippen molar-refractivity contribution in [2.45, 2.75) is 0 Å². The first-order chi connectivity index (χ1) is 13.0. The maximum atomic E-state index is 12.6. The molecule has 27 heavy (non-hydrogen) atoms. The van der Waals surface area contributed by atoms with Crippen LogP contribution in [0, 0.1) is 0 Å². The van der Waals surface area contributed by atoms with Gasteiger partial charge in [-0.25, -0.2) is 0 Å². The molecular formula is C20H22ClN3O3. The van der Waals surface area contributed by atoms with E-state index in [1.807, 2.05) is 12.1 Å². The van der Waals surface area contributed by atoms with E-state index in [2.05, 4.69) is 10.2 Å². The molecule has 1 fully saturated rings. The van der Waals surface area contributed by atoms with Gasteiger partial charge in [0.1, 0.15) is 0 Å². The van der Waals surface area contributed by atoms with E-state index in [1.54, 1.807) is 44.4 Å². The molecule has 0 spiro atoms. The second-order valence-electron chi connectivity index (χ2n) is 6.49. The van der Waals surface area contributed by atoms with Crippen LogP contribution >= 0.6 is 11.6 Å². The number of amides is 2. The minimum absolute atomic E-state index is 0.156. The molecule has 1 aliphatic heterocycles. The van der Waals surface area contributed by atoms with Gasteiger partial charge in [-0.3, -0.25) is 9.59 Å². The molecule has 0 bridgehead atoms. The Hall–Kier alpha value is -2.57. The molecule has 1 aliphatic rings. The van der Waals surface area contributed by atoms with Crippen LogP contribution in [0.3, 0.4) is 0 Å². The number of hydrogen-bond acceptors (Lipinski definition) is 4. The van der Waals surface area contributed by atoms with Gasteiger partial charge >= 0.3 is 0 Å². The fraction of sp³-hybridized carbons (Fsp3) is 0.300. The number of halogens is 1. The monoisotopic (exact) mass is 387 g/mol. The lowest BCUT2D eigenvalue weighted by molar-refractivity contribution is 0.0827. The van der Waals surface area contributed by atoms with E-state index in [0.717, 1.165) is 18.8 Å². The van der Waals surface area contributed by atoms with Gasteiger partial charge in [0.25, 0.3) is 11.8 Å². The fourth-order valence-electron chi connectivity index (χ4n) is 2.85. The lowest BCUT2D eigenvalue weighted by Crippen LogP contribution is -2.36. The molecule has 7 heteroatoms. The smallest absolute Gasteiger partial charge is 0.255 e. The summed E-state index contributed by atoms with van der Waals surface area (Å²) in [6, 6.07) is 12.2. The summed E-state index contributed by atoms with van der Waals surface area (Å²) in [7, 11) is 3.34. The van der Waals surface area contributed by atoms with Crippen LogP contribution in [0.1, 0.15) is 20.7 Å². The van der Waals surface area contributed by atoms with Crippen molar-refractivity contribution in [2.24, 2.45) is 0 Å². The number of rotatable bonds is 4. The summed E-state index contributed by atoms with van der Waals surface area (Å²) >= 11 is 6.18. The number of nitrogens with one attached hydrogen (secondary N) is 1. The van der Waals surface area contributed by atoms with Gasteiger partial charge in [0.2, 0.25) is 0 Å². The lowest BCUT2D eigenvalue weighted by atomic mass is 10.1. The molecule has 1 N–H and O–H groups in total. The molecule has 3 rings (SSSR count). The molecule has 1 heterocycles. The Morgan fingerprint density at radius 1 is 1.04 bits per heavy atom. The largest absolute Gasteiger partial charge is 0.378 e. The molecule has 142 valence electrons. The molecule has 0 aliphatic carbocycles. The number of anilines is 2. The van der Waals surface area contributed by atoms with Gasteiger partial charge < -0.3 is 19.9 Å². The van der Waals surface area contributed by atoms with E-state index < -0.39 is 0 Å². The highest BCUT2D eigenvalue weighted by Crippen LogP contribution is 2.25. The third kappa shape index (κ3) is 4.59. The third-order valence-corrected chi connectivity index (χ3v) is 4.70. The Morgan fingerprint density at radius 3 is 2.30 bits per heavy atom. The first-order valence-electron chi connectivity index (χ1n) is 8.71. The van der Waals surface area contributed by atoms with E-state index in [0.29, 0.717) is 35.1 Å². The van der Waals surface area contributed by atoms with Gasteiger partial charge in [0.15, 0.2) is 0 Å². The summed E-state index contributed by atoms with van der Waals surface area (Å²) < 4.78 is 5.36. The molecule has 0 atom stereocenters. The van der Waals surface area contributed by atoms with Gasteiger partial charge in [-0.2, -0.15) is 0 Å². The van der Waals surface area contributed by atoms with Crippen molar-refractivity contribution in [3.8, 4) is 0 Å². The number of ether oxygens (including phenoxy) is 1. The van der Waals surface area contributed by atoms with Crippen molar-refractivity contribution in [3.63, 3.8) is 0 Å². The zero-order valence-electron chi connectivity index (χ0n) is 15.4. The summed E-state index contributed by atoms with van der Waals surface area (Å²) in [5, 5.41) is 3.16. The first kappa shape index (κ1) is 19.2. The minimum Gasteiger partial charge on any atom is -0.378 e. The summed E-state index contributed by atoms with van der Waals surface area (Å²) in [5.41, 5.74) is 2.45. The number of nitrogens with zero attached hydrogens (tertiary/aromatic N) is 2. The van der Waals surface area contributed by atoms with Crippen molar-refractivity contribution < 1.29 is 14.3 Å². The highest BCUT2D eigenvalue weighted by atomic mass is 35.5. The van der Waals surface area contributed by atoms with E-state index in [1.165, 1.54) is 4.90 Å². The van der Waals surface area contributed by atoms with Crippen LogP contribution in [-0.4, -0.2) is 57.1 Å². The van der Waals surface area contributed by atoms with Crippen molar-refractivity contribution in [1.29, 1.82) is 0 Å². The van der Waals surface area contributed by atoms with E-state index in [-0.39, 0.29) is 11.8 Å². The summed E-state index contributed by atoms with van der Waals surface area (Å²) in [6.45, 7) is 3.10. The minimum atomic E-state index is -0.278. The number of hydrogen-bond donors (Lipinski definition) is 1. The predicted molar refractivity (Wildman–Crippen MR) is 107 cm³/mol. The highest BCUT2D eigenvalue weighted by Gasteiger charge is 2.15. The summed E-state index contributed by atoms with van der Waals surface area (Å²) in [4.78, 5) is 28.4. The molecule has 1 saturated heterocycles. The Bertz CT molecular complexity index is 831. The molecular weight excluding hydrogens is 366 g/mol. The Labute approximate surface area is 163 Å². The second-order valence-corrected chi connectivity index (χ2v) is 6.90. The fourth-order valence-corrected chi connectivity index (χ4v) is 3.02. The normalized spacial score (nSPS) is 14.0. The number of benzene rings is 2. The van der Waals surface area contributed by atoms with Crippen molar-refractivity contribution in [1.82, 2.24) is 4.90 Å². The average molecular weight is 388 g/mol.